The van der Waals surface area contributed by atoms with Crippen molar-refractivity contribution in [2.45, 2.75) is 13.1 Å². The number of amides is 1. The predicted octanol–water partition coefficient (Wildman–Crippen LogP) is 6.08. The van der Waals surface area contributed by atoms with E-state index in [1.807, 2.05) is 42.5 Å². The summed E-state index contributed by atoms with van der Waals surface area (Å²) in [6.07, 6.45) is 1.68. The van der Waals surface area contributed by atoms with Crippen LogP contribution in [-0.2, 0) is 13.1 Å². The van der Waals surface area contributed by atoms with Gasteiger partial charge in [0.25, 0.3) is 5.91 Å². The van der Waals surface area contributed by atoms with Crippen molar-refractivity contribution in [1.82, 2.24) is 20.3 Å². The maximum absolute atomic E-state index is 14.5. The van der Waals surface area contributed by atoms with Crippen LogP contribution >= 0.6 is 15.9 Å². The number of carbonyl (C=O) groups excluding carboxylic acids is 1. The minimum Gasteiger partial charge on any atom is -0.496 e. The molecule has 0 atom stereocenters. The SMILES string of the molecule is COc1cccc(F)c1CNc1cc(C(=O)NCc2ccccc2)cc(-c2nc3ncc(Br)cc3[nH]2)c1. The summed E-state index contributed by atoms with van der Waals surface area (Å²) < 4.78 is 20.6. The average molecular weight is 560 g/mol. The Labute approximate surface area is 221 Å². The number of nitrogens with zero attached hydrogens (tertiary/aromatic N) is 2. The van der Waals surface area contributed by atoms with Crippen molar-refractivity contribution in [3.8, 4) is 17.1 Å². The Morgan fingerprint density at radius 2 is 1.89 bits per heavy atom. The number of anilines is 1. The second-order valence-electron chi connectivity index (χ2n) is 8.35. The molecule has 0 spiro atoms. The van der Waals surface area contributed by atoms with Crippen LogP contribution in [0.5, 0.6) is 5.75 Å². The van der Waals surface area contributed by atoms with Crippen molar-refractivity contribution in [2.24, 2.45) is 0 Å². The van der Waals surface area contributed by atoms with Gasteiger partial charge in [0.05, 0.1) is 12.6 Å². The Morgan fingerprint density at radius 1 is 1.05 bits per heavy atom. The van der Waals surface area contributed by atoms with Gasteiger partial charge in [0.15, 0.2) is 5.65 Å². The molecule has 0 bridgehead atoms. The van der Waals surface area contributed by atoms with Crippen molar-refractivity contribution < 1.29 is 13.9 Å². The number of H-pyrrole nitrogens is 1. The first-order valence-electron chi connectivity index (χ1n) is 11.5. The summed E-state index contributed by atoms with van der Waals surface area (Å²) in [6.45, 7) is 0.556. The van der Waals surface area contributed by atoms with Crippen LogP contribution in [0.25, 0.3) is 22.6 Å². The number of fused-ring (bicyclic) bond motifs is 1. The summed E-state index contributed by atoms with van der Waals surface area (Å²) in [6, 6.07) is 21.6. The topological polar surface area (TPSA) is 91.9 Å². The van der Waals surface area contributed by atoms with Gasteiger partial charge in [0.2, 0.25) is 0 Å². The van der Waals surface area contributed by atoms with Gasteiger partial charge in [-0.3, -0.25) is 4.79 Å². The fourth-order valence-corrected chi connectivity index (χ4v) is 4.31. The van der Waals surface area contributed by atoms with E-state index in [1.165, 1.54) is 13.2 Å². The van der Waals surface area contributed by atoms with E-state index in [0.717, 1.165) is 15.6 Å². The molecule has 0 radical (unpaired) electrons. The highest BCUT2D eigenvalue weighted by atomic mass is 79.9. The molecule has 5 aromatic rings. The monoisotopic (exact) mass is 559 g/mol. The Balaban J connectivity index is 1.47. The fourth-order valence-electron chi connectivity index (χ4n) is 3.98. The number of halogens is 2. The van der Waals surface area contributed by atoms with Crippen LogP contribution in [0.15, 0.2) is 83.5 Å². The van der Waals surface area contributed by atoms with Gasteiger partial charge in [-0.25, -0.2) is 14.4 Å². The number of imidazole rings is 1. The highest BCUT2D eigenvalue weighted by Crippen LogP contribution is 2.28. The van der Waals surface area contributed by atoms with Crippen LogP contribution in [-0.4, -0.2) is 28.0 Å². The number of aromatic nitrogens is 3. The minimum atomic E-state index is -0.377. The van der Waals surface area contributed by atoms with Crippen molar-refractivity contribution in [1.29, 1.82) is 0 Å². The van der Waals surface area contributed by atoms with Crippen molar-refractivity contribution in [3.63, 3.8) is 0 Å². The molecule has 0 unspecified atom stereocenters. The van der Waals surface area contributed by atoms with E-state index in [9.17, 15) is 9.18 Å². The largest absolute Gasteiger partial charge is 0.496 e. The van der Waals surface area contributed by atoms with Crippen LogP contribution in [0.3, 0.4) is 0 Å². The lowest BCUT2D eigenvalue weighted by Crippen LogP contribution is -2.23. The fraction of sp³-hybridized carbons (Fsp3) is 0.107. The molecular weight excluding hydrogens is 537 g/mol. The molecule has 37 heavy (non-hydrogen) atoms. The summed E-state index contributed by atoms with van der Waals surface area (Å²) in [4.78, 5) is 25.3. The Bertz CT molecular complexity index is 1570. The highest BCUT2D eigenvalue weighted by molar-refractivity contribution is 9.10. The number of ether oxygens (including phenoxy) is 1. The van der Waals surface area contributed by atoms with Gasteiger partial charge in [-0.05, 0) is 57.9 Å². The maximum Gasteiger partial charge on any atom is 0.251 e. The van der Waals surface area contributed by atoms with E-state index in [2.05, 4.69) is 41.5 Å². The maximum atomic E-state index is 14.5. The summed E-state index contributed by atoms with van der Waals surface area (Å²) >= 11 is 3.42. The standard InChI is InChI=1S/C28H23BrFN5O2/c1-37-25-9-5-8-23(30)22(25)16-31-21-11-18(26-34-24-13-20(29)15-32-27(24)35-26)10-19(12-21)28(36)33-14-17-6-3-2-4-7-17/h2-13,15,31H,14,16H2,1H3,(H,33,36)(H,32,34,35). The van der Waals surface area contributed by atoms with Crippen LogP contribution in [0.2, 0.25) is 0 Å². The lowest BCUT2D eigenvalue weighted by atomic mass is 10.1. The number of methoxy groups -OCH3 is 1. The van der Waals surface area contributed by atoms with Gasteiger partial charge in [0, 0.05) is 46.1 Å². The zero-order chi connectivity index (χ0) is 25.8. The zero-order valence-corrected chi connectivity index (χ0v) is 21.5. The minimum absolute atomic E-state index is 0.166. The molecule has 3 N–H and O–H groups in total. The third-order valence-corrected chi connectivity index (χ3v) is 6.27. The molecule has 3 aromatic carbocycles. The Morgan fingerprint density at radius 3 is 2.70 bits per heavy atom. The van der Waals surface area contributed by atoms with Gasteiger partial charge in [-0.15, -0.1) is 0 Å². The Hall–Kier alpha value is -4.24. The van der Waals surface area contributed by atoms with E-state index < -0.39 is 0 Å². The van der Waals surface area contributed by atoms with E-state index in [4.69, 9.17) is 4.74 Å². The van der Waals surface area contributed by atoms with Gasteiger partial charge < -0.3 is 20.4 Å². The van der Waals surface area contributed by atoms with Gasteiger partial charge in [-0.2, -0.15) is 0 Å². The molecule has 2 heterocycles. The van der Waals surface area contributed by atoms with E-state index in [1.54, 1.807) is 30.5 Å². The first-order valence-corrected chi connectivity index (χ1v) is 12.3. The van der Waals surface area contributed by atoms with Crippen molar-refractivity contribution in [2.75, 3.05) is 12.4 Å². The van der Waals surface area contributed by atoms with Crippen LogP contribution in [0.4, 0.5) is 10.1 Å². The molecule has 0 fully saturated rings. The molecule has 0 aliphatic rings. The van der Waals surface area contributed by atoms with Gasteiger partial charge >= 0.3 is 0 Å². The zero-order valence-electron chi connectivity index (χ0n) is 19.9. The van der Waals surface area contributed by atoms with Crippen LogP contribution < -0.4 is 15.4 Å². The Kier molecular flexibility index (Phi) is 7.14. The third kappa shape index (κ3) is 5.62. The molecular formula is C28H23BrFN5O2. The van der Waals surface area contributed by atoms with Crippen molar-refractivity contribution >= 4 is 38.7 Å². The number of pyridine rings is 1. The first kappa shape index (κ1) is 24.5. The molecule has 9 heteroatoms. The summed E-state index contributed by atoms with van der Waals surface area (Å²) in [5.41, 5.74) is 4.45. The van der Waals surface area contributed by atoms with Crippen LogP contribution in [0, 0.1) is 5.82 Å². The van der Waals surface area contributed by atoms with Crippen molar-refractivity contribution in [3.05, 3.63) is 106 Å². The number of hydrogen-bond donors (Lipinski definition) is 3. The lowest BCUT2D eigenvalue weighted by Gasteiger charge is -2.14. The smallest absolute Gasteiger partial charge is 0.251 e. The molecule has 7 nitrogen and oxygen atoms in total. The first-order chi connectivity index (χ1) is 18.0. The number of carbonyl (C=O) groups is 1. The number of hydrogen-bond acceptors (Lipinski definition) is 5. The molecule has 5 rings (SSSR count). The molecule has 0 aliphatic carbocycles. The molecule has 2 aromatic heterocycles. The molecule has 186 valence electrons. The second-order valence-corrected chi connectivity index (χ2v) is 9.27. The normalized spacial score (nSPS) is 10.9. The summed E-state index contributed by atoms with van der Waals surface area (Å²) in [7, 11) is 1.50. The molecule has 0 saturated heterocycles. The predicted molar refractivity (Wildman–Crippen MR) is 145 cm³/mol. The quantitative estimate of drug-likeness (QED) is 0.214. The highest BCUT2D eigenvalue weighted by Gasteiger charge is 2.15. The molecule has 0 saturated carbocycles. The van der Waals surface area contributed by atoms with E-state index in [0.29, 0.717) is 46.1 Å². The average Bonchev–Trinajstić information content (AvgIpc) is 3.34. The molecule has 0 aliphatic heterocycles. The summed E-state index contributed by atoms with van der Waals surface area (Å²) in [5.74, 6) is 0.384. The number of benzene rings is 3. The van der Waals surface area contributed by atoms with Gasteiger partial charge in [-0.1, -0.05) is 36.4 Å². The molecule has 1 amide bonds. The lowest BCUT2D eigenvalue weighted by molar-refractivity contribution is 0.0951. The summed E-state index contributed by atoms with van der Waals surface area (Å²) in [5, 5.41) is 6.19. The third-order valence-electron chi connectivity index (χ3n) is 5.83. The second kappa shape index (κ2) is 10.8. The number of nitrogens with one attached hydrogen (secondary N) is 3. The van der Waals surface area contributed by atoms with E-state index in [-0.39, 0.29) is 18.3 Å². The van der Waals surface area contributed by atoms with Gasteiger partial charge in [0.1, 0.15) is 17.4 Å². The number of aromatic amines is 1. The van der Waals surface area contributed by atoms with E-state index >= 15 is 0 Å². The van der Waals surface area contributed by atoms with Crippen LogP contribution in [0.1, 0.15) is 21.5 Å². The number of rotatable bonds is 8.